The van der Waals surface area contributed by atoms with Gasteiger partial charge in [0.2, 0.25) is 0 Å². The third-order valence-electron chi connectivity index (χ3n) is 3.42. The van der Waals surface area contributed by atoms with Crippen LogP contribution < -0.4 is 5.32 Å². The second-order valence-electron chi connectivity index (χ2n) is 5.77. The van der Waals surface area contributed by atoms with Gasteiger partial charge in [0.05, 0.1) is 0 Å². The predicted octanol–water partition coefficient (Wildman–Crippen LogP) is 2.28. The highest BCUT2D eigenvalue weighted by Gasteiger charge is 2.34. The third-order valence-corrected chi connectivity index (χ3v) is 4.66. The Hall–Kier alpha value is -1.56. The van der Waals surface area contributed by atoms with E-state index in [2.05, 4.69) is 19.2 Å². The molecule has 2 N–H and O–H groups in total. The number of carboxylic acids is 1. The number of aliphatic carboxylic acids is 1. The first-order valence-electron chi connectivity index (χ1n) is 6.70. The second kappa shape index (κ2) is 5.83. The Morgan fingerprint density at radius 2 is 2.20 bits per heavy atom. The molecule has 0 radical (unpaired) electrons. The van der Waals surface area contributed by atoms with Gasteiger partial charge in [0.25, 0.3) is 0 Å². The molecule has 1 aliphatic carbocycles. The number of carbonyl (C=O) groups excluding carboxylic acids is 1. The lowest BCUT2D eigenvalue weighted by molar-refractivity contribution is -0.137. The molecule has 2 rings (SSSR count). The fourth-order valence-corrected chi connectivity index (χ4v) is 2.90. The smallest absolute Gasteiger partial charge is 0.323 e. The summed E-state index contributed by atoms with van der Waals surface area (Å²) in [6, 6.07) is 3.85. The lowest BCUT2D eigenvalue weighted by Gasteiger charge is -2.27. The van der Waals surface area contributed by atoms with E-state index in [9.17, 15) is 9.59 Å². The number of carbonyl (C=O) groups is 2. The highest BCUT2D eigenvalue weighted by atomic mass is 32.1. The SMILES string of the molecule is CC(C)(CNC(=O)N(CC(=O)O)C1CC1)c1cccs1. The van der Waals surface area contributed by atoms with E-state index < -0.39 is 5.97 Å². The number of hydrogen-bond acceptors (Lipinski definition) is 3. The molecular weight excluding hydrogens is 276 g/mol. The molecule has 1 heterocycles. The van der Waals surface area contributed by atoms with E-state index in [1.807, 2.05) is 17.5 Å². The minimum Gasteiger partial charge on any atom is -0.480 e. The first-order valence-corrected chi connectivity index (χ1v) is 7.58. The zero-order valence-corrected chi connectivity index (χ0v) is 12.6. The lowest BCUT2D eigenvalue weighted by atomic mass is 9.91. The highest BCUT2D eigenvalue weighted by Crippen LogP contribution is 2.28. The molecular formula is C14H20N2O3S. The average Bonchev–Trinajstić information content (AvgIpc) is 3.05. The normalized spacial score (nSPS) is 14.9. The molecule has 0 aliphatic heterocycles. The van der Waals surface area contributed by atoms with Crippen molar-refractivity contribution in [2.45, 2.75) is 38.1 Å². The molecule has 1 aromatic rings. The molecule has 110 valence electrons. The van der Waals surface area contributed by atoms with E-state index in [1.165, 1.54) is 9.78 Å². The predicted molar refractivity (Wildman–Crippen MR) is 78.1 cm³/mol. The fraction of sp³-hybridized carbons (Fsp3) is 0.571. The molecule has 2 amide bonds. The summed E-state index contributed by atoms with van der Waals surface area (Å²) in [6.45, 7) is 4.40. The zero-order chi connectivity index (χ0) is 14.8. The lowest BCUT2D eigenvalue weighted by Crippen LogP contribution is -2.47. The standard InChI is InChI=1S/C14H20N2O3S/c1-14(2,11-4-3-7-20-11)9-15-13(19)16(8-12(17)18)10-5-6-10/h3-4,7,10H,5-6,8-9H2,1-2H3,(H,15,19)(H,17,18). The number of nitrogens with zero attached hydrogens (tertiary/aromatic N) is 1. The van der Waals surface area contributed by atoms with Gasteiger partial charge in [-0.05, 0) is 24.3 Å². The maximum absolute atomic E-state index is 12.1. The van der Waals surface area contributed by atoms with Crippen molar-refractivity contribution in [2.24, 2.45) is 0 Å². The van der Waals surface area contributed by atoms with Crippen LogP contribution in [0.3, 0.4) is 0 Å². The van der Waals surface area contributed by atoms with Crippen molar-refractivity contribution in [1.29, 1.82) is 0 Å². The van der Waals surface area contributed by atoms with Gasteiger partial charge >= 0.3 is 12.0 Å². The summed E-state index contributed by atoms with van der Waals surface area (Å²) in [5.41, 5.74) is -0.151. The van der Waals surface area contributed by atoms with E-state index in [0.717, 1.165) is 12.8 Å². The van der Waals surface area contributed by atoms with E-state index in [1.54, 1.807) is 11.3 Å². The van der Waals surface area contributed by atoms with Gasteiger partial charge in [0, 0.05) is 22.9 Å². The van der Waals surface area contributed by atoms with E-state index in [4.69, 9.17) is 5.11 Å². The summed E-state index contributed by atoms with van der Waals surface area (Å²) in [5, 5.41) is 13.7. The monoisotopic (exact) mass is 296 g/mol. The summed E-state index contributed by atoms with van der Waals surface area (Å²) in [4.78, 5) is 25.6. The van der Waals surface area contributed by atoms with Crippen LogP contribution in [-0.4, -0.2) is 41.1 Å². The summed E-state index contributed by atoms with van der Waals surface area (Å²) < 4.78 is 0. The molecule has 1 aliphatic rings. The summed E-state index contributed by atoms with van der Waals surface area (Å²) >= 11 is 1.66. The highest BCUT2D eigenvalue weighted by molar-refractivity contribution is 7.10. The van der Waals surface area contributed by atoms with Crippen LogP contribution in [0, 0.1) is 0 Å². The van der Waals surface area contributed by atoms with Crippen molar-refractivity contribution in [3.05, 3.63) is 22.4 Å². The Labute approximate surface area is 122 Å². The number of amides is 2. The average molecular weight is 296 g/mol. The summed E-state index contributed by atoms with van der Waals surface area (Å²) in [5.74, 6) is -0.968. The largest absolute Gasteiger partial charge is 0.480 e. The molecule has 1 saturated carbocycles. The molecule has 0 atom stereocenters. The van der Waals surface area contributed by atoms with Crippen molar-refractivity contribution in [3.8, 4) is 0 Å². The number of urea groups is 1. The molecule has 6 heteroatoms. The molecule has 0 unspecified atom stereocenters. The van der Waals surface area contributed by atoms with Crippen molar-refractivity contribution >= 4 is 23.3 Å². The van der Waals surface area contributed by atoms with Crippen LogP contribution in [0.2, 0.25) is 0 Å². The molecule has 5 nitrogen and oxygen atoms in total. The molecule has 20 heavy (non-hydrogen) atoms. The minimum atomic E-state index is -0.968. The van der Waals surface area contributed by atoms with Crippen molar-refractivity contribution in [3.63, 3.8) is 0 Å². The van der Waals surface area contributed by atoms with Crippen LogP contribution in [0.15, 0.2) is 17.5 Å². The Bertz CT molecular complexity index is 481. The van der Waals surface area contributed by atoms with Crippen LogP contribution in [0.4, 0.5) is 4.79 Å². The molecule has 0 bridgehead atoms. The van der Waals surface area contributed by atoms with Gasteiger partial charge in [-0.1, -0.05) is 19.9 Å². The number of nitrogens with one attached hydrogen (secondary N) is 1. The van der Waals surface area contributed by atoms with Crippen LogP contribution in [0.1, 0.15) is 31.6 Å². The van der Waals surface area contributed by atoms with Crippen molar-refractivity contribution in [2.75, 3.05) is 13.1 Å². The number of thiophene rings is 1. The van der Waals surface area contributed by atoms with Crippen LogP contribution >= 0.6 is 11.3 Å². The maximum Gasteiger partial charge on any atom is 0.323 e. The van der Waals surface area contributed by atoms with Gasteiger partial charge < -0.3 is 15.3 Å². The Balaban J connectivity index is 1.92. The van der Waals surface area contributed by atoms with Crippen LogP contribution in [0.25, 0.3) is 0 Å². The van der Waals surface area contributed by atoms with Gasteiger partial charge in [-0.25, -0.2) is 4.79 Å². The van der Waals surface area contributed by atoms with Gasteiger partial charge in [0.15, 0.2) is 0 Å². The van der Waals surface area contributed by atoms with Gasteiger partial charge in [0.1, 0.15) is 6.54 Å². The number of hydrogen-bond donors (Lipinski definition) is 2. The van der Waals surface area contributed by atoms with Crippen LogP contribution in [-0.2, 0) is 10.2 Å². The topological polar surface area (TPSA) is 69.6 Å². The fourth-order valence-electron chi connectivity index (χ4n) is 2.05. The van der Waals surface area contributed by atoms with E-state index in [-0.39, 0.29) is 24.0 Å². The molecule has 0 spiro atoms. The molecule has 0 aromatic carbocycles. The van der Waals surface area contributed by atoms with E-state index in [0.29, 0.717) is 6.54 Å². The number of carboxylic acid groups (broad SMARTS) is 1. The second-order valence-corrected chi connectivity index (χ2v) is 6.72. The van der Waals surface area contributed by atoms with Crippen molar-refractivity contribution < 1.29 is 14.7 Å². The quantitative estimate of drug-likeness (QED) is 0.846. The Kier molecular flexibility index (Phi) is 4.32. The Morgan fingerprint density at radius 1 is 1.50 bits per heavy atom. The minimum absolute atomic E-state index is 0.0935. The van der Waals surface area contributed by atoms with E-state index >= 15 is 0 Å². The number of rotatable bonds is 6. The van der Waals surface area contributed by atoms with Gasteiger partial charge in [-0.2, -0.15) is 0 Å². The Morgan fingerprint density at radius 3 is 2.70 bits per heavy atom. The molecule has 1 aromatic heterocycles. The summed E-state index contributed by atoms with van der Waals surface area (Å²) in [6.07, 6.45) is 1.80. The van der Waals surface area contributed by atoms with Crippen LogP contribution in [0.5, 0.6) is 0 Å². The maximum atomic E-state index is 12.1. The molecule has 0 saturated heterocycles. The first-order chi connectivity index (χ1) is 9.40. The first kappa shape index (κ1) is 14.8. The summed E-state index contributed by atoms with van der Waals surface area (Å²) in [7, 11) is 0. The van der Waals surface area contributed by atoms with Gasteiger partial charge in [-0.3, -0.25) is 4.79 Å². The zero-order valence-electron chi connectivity index (χ0n) is 11.8. The van der Waals surface area contributed by atoms with Gasteiger partial charge in [-0.15, -0.1) is 11.3 Å². The molecule has 1 fully saturated rings. The third kappa shape index (κ3) is 3.72. The van der Waals surface area contributed by atoms with Crippen molar-refractivity contribution in [1.82, 2.24) is 10.2 Å².